The molecule has 2 saturated heterocycles. The molecule has 8 heteroatoms. The van der Waals surface area contributed by atoms with E-state index in [1.54, 1.807) is 19.1 Å². The summed E-state index contributed by atoms with van der Waals surface area (Å²) in [5.41, 5.74) is 2.42. The van der Waals surface area contributed by atoms with Crippen molar-refractivity contribution in [2.45, 2.75) is 44.9 Å². The molecule has 3 aliphatic heterocycles. The number of nitrogens with zero attached hydrogens (tertiary/aromatic N) is 2. The Bertz CT molecular complexity index is 978. The maximum Gasteiger partial charge on any atom is 0.355 e. The number of β-lactam (4-membered cyclic amide) rings is 1. The van der Waals surface area contributed by atoms with Crippen LogP contribution in [0.1, 0.15) is 37.3 Å². The summed E-state index contributed by atoms with van der Waals surface area (Å²) in [6, 6.07) is 6.94. The predicted octanol–water partition coefficient (Wildman–Crippen LogP) is 1.39. The van der Waals surface area contributed by atoms with Crippen LogP contribution in [0.5, 0.6) is 0 Å². The zero-order valence-corrected chi connectivity index (χ0v) is 17.2. The Balaban J connectivity index is 1.61. The van der Waals surface area contributed by atoms with Crippen LogP contribution in [0, 0.1) is 5.92 Å². The number of carbonyl (C=O) groups excluding carboxylic acids is 4. The fourth-order valence-electron chi connectivity index (χ4n) is 4.51. The molecular formula is C23H24N2O6. The maximum atomic E-state index is 12.7. The van der Waals surface area contributed by atoms with Crippen LogP contribution in [-0.4, -0.2) is 57.3 Å². The van der Waals surface area contributed by atoms with Crippen molar-refractivity contribution >= 4 is 29.3 Å². The third-order valence-corrected chi connectivity index (χ3v) is 6.05. The Morgan fingerprint density at radius 3 is 2.45 bits per heavy atom. The van der Waals surface area contributed by atoms with Crippen LogP contribution in [0.25, 0.3) is 5.57 Å². The van der Waals surface area contributed by atoms with Crippen LogP contribution in [0.4, 0.5) is 0 Å². The summed E-state index contributed by atoms with van der Waals surface area (Å²) in [6.45, 7) is 5.35. The number of carbonyl (C=O) groups is 4. The highest BCUT2D eigenvalue weighted by Gasteiger charge is 2.57. The molecule has 1 aromatic rings. The molecule has 3 heterocycles. The molecule has 0 aromatic heterocycles. The van der Waals surface area contributed by atoms with E-state index in [-0.39, 0.29) is 55.5 Å². The molecule has 31 heavy (non-hydrogen) atoms. The molecule has 3 aliphatic rings. The third-order valence-electron chi connectivity index (χ3n) is 6.05. The molecule has 8 nitrogen and oxygen atoms in total. The first-order valence-electron chi connectivity index (χ1n) is 10.3. The number of likely N-dealkylation sites (tertiary alicyclic amines) is 1. The van der Waals surface area contributed by atoms with Crippen LogP contribution in [0.3, 0.4) is 0 Å². The number of aliphatic hydroxyl groups excluding tert-OH is 1. The Morgan fingerprint density at radius 1 is 1.23 bits per heavy atom. The predicted molar refractivity (Wildman–Crippen MR) is 110 cm³/mol. The van der Waals surface area contributed by atoms with E-state index in [1.165, 1.54) is 15.9 Å². The molecule has 0 spiro atoms. The highest BCUT2D eigenvalue weighted by atomic mass is 16.5. The van der Waals surface area contributed by atoms with E-state index in [4.69, 9.17) is 4.74 Å². The molecule has 1 aromatic carbocycles. The Morgan fingerprint density at radius 2 is 1.87 bits per heavy atom. The van der Waals surface area contributed by atoms with Gasteiger partial charge in [-0.3, -0.25) is 19.3 Å². The van der Waals surface area contributed by atoms with Crippen LogP contribution in [0.15, 0.2) is 42.6 Å². The van der Waals surface area contributed by atoms with Gasteiger partial charge in [-0.05, 0) is 30.0 Å². The molecule has 3 amide bonds. The number of amides is 3. The normalized spacial score (nSPS) is 23.7. The van der Waals surface area contributed by atoms with Gasteiger partial charge in [-0.15, -0.1) is 0 Å². The average molecular weight is 424 g/mol. The second-order valence-electron chi connectivity index (χ2n) is 8.03. The lowest BCUT2D eigenvalue weighted by molar-refractivity contribution is -0.162. The van der Waals surface area contributed by atoms with E-state index in [0.717, 1.165) is 11.1 Å². The quantitative estimate of drug-likeness (QED) is 0.307. The molecule has 0 saturated carbocycles. The lowest BCUT2D eigenvalue weighted by Gasteiger charge is -2.44. The Hall–Kier alpha value is -3.26. The molecular weight excluding hydrogens is 400 g/mol. The molecule has 2 fully saturated rings. The van der Waals surface area contributed by atoms with Crippen molar-refractivity contribution < 1.29 is 29.0 Å². The molecule has 1 N–H and O–H groups in total. The van der Waals surface area contributed by atoms with E-state index in [1.807, 2.05) is 12.1 Å². The van der Waals surface area contributed by atoms with Gasteiger partial charge in [-0.25, -0.2) is 4.79 Å². The van der Waals surface area contributed by atoms with Gasteiger partial charge in [-0.2, -0.15) is 0 Å². The molecule has 0 bridgehead atoms. The lowest BCUT2D eigenvalue weighted by atomic mass is 9.82. The summed E-state index contributed by atoms with van der Waals surface area (Å²) in [6.07, 6.45) is 1.57. The fraction of sp³-hybridized carbons (Fsp3) is 0.391. The van der Waals surface area contributed by atoms with E-state index in [9.17, 15) is 24.3 Å². The van der Waals surface area contributed by atoms with Crippen molar-refractivity contribution in [1.29, 1.82) is 0 Å². The topological polar surface area (TPSA) is 104 Å². The van der Waals surface area contributed by atoms with Gasteiger partial charge in [0.25, 0.3) is 0 Å². The SMILES string of the molecule is C=CCOC(=O)C1=C(c2ccc(CN3C(=O)CCC3=O)cc2)C[C@@H]2[C@@H]([C@@H](C)O)C(=O)N12. The molecule has 0 aliphatic carbocycles. The summed E-state index contributed by atoms with van der Waals surface area (Å²) < 4.78 is 5.21. The summed E-state index contributed by atoms with van der Waals surface area (Å²) in [5, 5.41) is 9.97. The molecule has 3 atom stereocenters. The van der Waals surface area contributed by atoms with Gasteiger partial charge in [0.2, 0.25) is 17.7 Å². The zero-order chi connectivity index (χ0) is 22.3. The van der Waals surface area contributed by atoms with Gasteiger partial charge in [0.1, 0.15) is 12.3 Å². The molecule has 0 unspecified atom stereocenters. The van der Waals surface area contributed by atoms with Crippen molar-refractivity contribution in [3.05, 3.63) is 53.7 Å². The van der Waals surface area contributed by atoms with Crippen molar-refractivity contribution in [1.82, 2.24) is 9.80 Å². The first-order chi connectivity index (χ1) is 14.8. The number of imide groups is 1. The van der Waals surface area contributed by atoms with Crippen LogP contribution >= 0.6 is 0 Å². The number of fused-ring (bicyclic) bond motifs is 1. The number of hydrogen-bond acceptors (Lipinski definition) is 6. The fourth-order valence-corrected chi connectivity index (χ4v) is 4.51. The van der Waals surface area contributed by atoms with Crippen molar-refractivity contribution in [3.8, 4) is 0 Å². The Labute approximate surface area is 179 Å². The van der Waals surface area contributed by atoms with Crippen molar-refractivity contribution in [2.75, 3.05) is 6.61 Å². The van der Waals surface area contributed by atoms with Crippen LogP contribution in [-0.2, 0) is 30.5 Å². The van der Waals surface area contributed by atoms with Gasteiger partial charge < -0.3 is 14.7 Å². The van der Waals surface area contributed by atoms with E-state index in [2.05, 4.69) is 6.58 Å². The van der Waals surface area contributed by atoms with Gasteiger partial charge in [-0.1, -0.05) is 36.9 Å². The second kappa shape index (κ2) is 8.11. The summed E-state index contributed by atoms with van der Waals surface area (Å²) >= 11 is 0. The van der Waals surface area contributed by atoms with Crippen LogP contribution < -0.4 is 0 Å². The first-order valence-corrected chi connectivity index (χ1v) is 10.3. The minimum atomic E-state index is -0.809. The number of aliphatic hydroxyl groups is 1. The van der Waals surface area contributed by atoms with Crippen molar-refractivity contribution in [3.63, 3.8) is 0 Å². The molecule has 0 radical (unpaired) electrons. The van der Waals surface area contributed by atoms with Crippen molar-refractivity contribution in [2.24, 2.45) is 5.92 Å². The zero-order valence-electron chi connectivity index (χ0n) is 17.2. The monoisotopic (exact) mass is 424 g/mol. The Kier molecular flexibility index (Phi) is 5.49. The van der Waals surface area contributed by atoms with Gasteiger partial charge >= 0.3 is 5.97 Å². The number of ether oxygens (including phenoxy) is 1. The van der Waals surface area contributed by atoms with E-state index >= 15 is 0 Å². The third kappa shape index (κ3) is 3.57. The number of rotatable bonds is 7. The lowest BCUT2D eigenvalue weighted by Crippen LogP contribution is -2.61. The van der Waals surface area contributed by atoms with E-state index in [0.29, 0.717) is 12.0 Å². The van der Waals surface area contributed by atoms with E-state index < -0.39 is 18.0 Å². The molecule has 162 valence electrons. The second-order valence-corrected chi connectivity index (χ2v) is 8.03. The minimum Gasteiger partial charge on any atom is -0.457 e. The smallest absolute Gasteiger partial charge is 0.355 e. The minimum absolute atomic E-state index is 0.0268. The number of benzene rings is 1. The number of esters is 1. The van der Waals surface area contributed by atoms with Crippen LogP contribution in [0.2, 0.25) is 0 Å². The van der Waals surface area contributed by atoms with Gasteiger partial charge in [0.15, 0.2) is 0 Å². The first kappa shape index (κ1) is 21.0. The highest BCUT2D eigenvalue weighted by Crippen LogP contribution is 2.47. The highest BCUT2D eigenvalue weighted by molar-refractivity contribution is 6.07. The number of hydrogen-bond donors (Lipinski definition) is 1. The van der Waals surface area contributed by atoms with Gasteiger partial charge in [0, 0.05) is 12.8 Å². The standard InChI is InChI=1S/C23H24N2O6/c1-3-10-31-23(30)21-16(11-17-20(13(2)26)22(29)25(17)21)15-6-4-14(5-7-15)12-24-18(27)8-9-19(24)28/h3-7,13,17,20,26H,1,8-12H2,2H3/t13-,17-,20-/m1/s1. The summed E-state index contributed by atoms with van der Waals surface area (Å²) in [7, 11) is 0. The maximum absolute atomic E-state index is 12.7. The summed E-state index contributed by atoms with van der Waals surface area (Å²) in [4.78, 5) is 51.7. The largest absolute Gasteiger partial charge is 0.457 e. The van der Waals surface area contributed by atoms with Gasteiger partial charge in [0.05, 0.1) is 24.6 Å². The average Bonchev–Trinajstić information content (AvgIpc) is 3.24. The summed E-state index contributed by atoms with van der Waals surface area (Å²) in [5.74, 6) is -1.79. The molecule has 4 rings (SSSR count).